The van der Waals surface area contributed by atoms with Gasteiger partial charge < -0.3 is 5.11 Å². The third-order valence-electron chi connectivity index (χ3n) is 2.25. The molecule has 1 heterocycles. The largest absolute Gasteiger partial charge is 0.476 e. The first-order chi connectivity index (χ1) is 7.11. The number of fused-ring (bicyclic) bond motifs is 1. The van der Waals surface area contributed by atoms with Crippen molar-refractivity contribution in [1.29, 1.82) is 0 Å². The van der Waals surface area contributed by atoms with Gasteiger partial charge in [-0.15, -0.1) is 0 Å². The third kappa shape index (κ3) is 1.61. The van der Waals surface area contributed by atoms with Crippen LogP contribution in [0.2, 0.25) is 0 Å². The quantitative estimate of drug-likeness (QED) is 0.863. The summed E-state index contributed by atoms with van der Waals surface area (Å²) >= 11 is 3.41. The number of halogens is 1. The number of benzene rings is 1. The second-order valence-electron chi connectivity index (χ2n) is 3.26. The van der Waals surface area contributed by atoms with E-state index >= 15 is 0 Å². The maximum atomic E-state index is 11.0. The maximum absolute atomic E-state index is 11.0. The van der Waals surface area contributed by atoms with Crippen molar-refractivity contribution < 1.29 is 9.90 Å². The minimum Gasteiger partial charge on any atom is -0.476 e. The summed E-state index contributed by atoms with van der Waals surface area (Å²) < 4.78 is 0.891. The molecule has 0 spiro atoms. The van der Waals surface area contributed by atoms with Crippen molar-refractivity contribution in [3.05, 3.63) is 40.1 Å². The third-order valence-corrected chi connectivity index (χ3v) is 2.91. The molecule has 0 amide bonds. The van der Waals surface area contributed by atoms with Crippen molar-refractivity contribution in [3.63, 3.8) is 0 Å². The SMILES string of the molecule is Cc1cnc(C(=O)O)c2cccc(Br)c12. The molecule has 3 nitrogen and oxygen atoms in total. The zero-order chi connectivity index (χ0) is 11.0. The number of carboxylic acids is 1. The lowest BCUT2D eigenvalue weighted by molar-refractivity contribution is 0.0693. The van der Waals surface area contributed by atoms with Gasteiger partial charge >= 0.3 is 5.97 Å². The molecule has 0 atom stereocenters. The van der Waals surface area contributed by atoms with Gasteiger partial charge in [-0.05, 0) is 18.6 Å². The second-order valence-corrected chi connectivity index (χ2v) is 4.11. The van der Waals surface area contributed by atoms with E-state index in [1.165, 1.54) is 0 Å². The number of rotatable bonds is 1. The summed E-state index contributed by atoms with van der Waals surface area (Å²) in [5.41, 5.74) is 1.05. The standard InChI is InChI=1S/C11H8BrNO2/c1-6-5-13-10(11(14)15)7-3-2-4-8(12)9(6)7/h2-5H,1H3,(H,14,15). The number of hydrogen-bond acceptors (Lipinski definition) is 2. The van der Waals surface area contributed by atoms with Crippen LogP contribution in [-0.2, 0) is 0 Å². The first-order valence-electron chi connectivity index (χ1n) is 4.38. The van der Waals surface area contributed by atoms with E-state index < -0.39 is 5.97 Å². The highest BCUT2D eigenvalue weighted by molar-refractivity contribution is 9.10. The van der Waals surface area contributed by atoms with Crippen LogP contribution in [0.3, 0.4) is 0 Å². The molecule has 0 unspecified atom stereocenters. The van der Waals surface area contributed by atoms with Gasteiger partial charge in [0.25, 0.3) is 0 Å². The molecule has 0 radical (unpaired) electrons. The van der Waals surface area contributed by atoms with Gasteiger partial charge in [-0.1, -0.05) is 28.1 Å². The van der Waals surface area contributed by atoms with Crippen LogP contribution in [0.1, 0.15) is 16.1 Å². The van der Waals surface area contributed by atoms with Crippen LogP contribution >= 0.6 is 15.9 Å². The van der Waals surface area contributed by atoms with Gasteiger partial charge in [0.05, 0.1) is 0 Å². The van der Waals surface area contributed by atoms with Gasteiger partial charge in [-0.2, -0.15) is 0 Å². The van der Waals surface area contributed by atoms with Crippen LogP contribution in [0.4, 0.5) is 0 Å². The van der Waals surface area contributed by atoms with Gasteiger partial charge in [0.2, 0.25) is 0 Å². The molecule has 0 aliphatic carbocycles. The molecule has 1 aromatic heterocycles. The lowest BCUT2D eigenvalue weighted by Crippen LogP contribution is -2.02. The predicted molar refractivity (Wildman–Crippen MR) is 61.1 cm³/mol. The highest BCUT2D eigenvalue weighted by Crippen LogP contribution is 2.28. The van der Waals surface area contributed by atoms with Crippen LogP contribution < -0.4 is 0 Å². The Morgan fingerprint density at radius 1 is 1.47 bits per heavy atom. The molecular formula is C11H8BrNO2. The summed E-state index contributed by atoms with van der Waals surface area (Å²) in [5, 5.41) is 10.6. The lowest BCUT2D eigenvalue weighted by Gasteiger charge is -2.06. The Hall–Kier alpha value is -1.42. The number of aryl methyl sites for hydroxylation is 1. The van der Waals surface area contributed by atoms with E-state index in [9.17, 15) is 4.79 Å². The van der Waals surface area contributed by atoms with E-state index in [0.717, 1.165) is 15.4 Å². The monoisotopic (exact) mass is 265 g/mol. The topological polar surface area (TPSA) is 50.2 Å². The summed E-state index contributed by atoms with van der Waals surface area (Å²) in [6.07, 6.45) is 1.58. The molecule has 0 aliphatic heterocycles. The Labute approximate surface area is 94.9 Å². The molecule has 2 rings (SSSR count). The predicted octanol–water partition coefficient (Wildman–Crippen LogP) is 3.00. The first kappa shape index (κ1) is 10.1. The minimum atomic E-state index is -1.00. The zero-order valence-electron chi connectivity index (χ0n) is 7.99. The Kier molecular flexibility index (Phi) is 2.44. The molecule has 0 saturated carbocycles. The molecule has 0 saturated heterocycles. The van der Waals surface area contributed by atoms with Crippen LogP contribution in [0, 0.1) is 6.92 Å². The number of aromatic carboxylic acids is 1. The Morgan fingerprint density at radius 3 is 2.87 bits per heavy atom. The molecule has 2 aromatic rings. The molecule has 0 aliphatic rings. The van der Waals surface area contributed by atoms with Crippen LogP contribution in [0.15, 0.2) is 28.9 Å². The van der Waals surface area contributed by atoms with Gasteiger partial charge in [-0.3, -0.25) is 0 Å². The highest BCUT2D eigenvalue weighted by Gasteiger charge is 2.12. The van der Waals surface area contributed by atoms with Crippen LogP contribution in [-0.4, -0.2) is 16.1 Å². The number of pyridine rings is 1. The Balaban J connectivity index is 2.95. The summed E-state index contributed by atoms with van der Waals surface area (Å²) in [4.78, 5) is 14.9. The Morgan fingerprint density at radius 2 is 2.20 bits per heavy atom. The van der Waals surface area contributed by atoms with E-state index in [4.69, 9.17) is 5.11 Å². The molecule has 4 heteroatoms. The molecule has 76 valence electrons. The average molecular weight is 266 g/mol. The fourth-order valence-corrected chi connectivity index (χ4v) is 2.27. The molecule has 15 heavy (non-hydrogen) atoms. The van der Waals surface area contributed by atoms with Gasteiger partial charge in [0, 0.05) is 21.4 Å². The molecular weight excluding hydrogens is 258 g/mol. The zero-order valence-corrected chi connectivity index (χ0v) is 9.58. The molecule has 0 bridgehead atoms. The van der Waals surface area contributed by atoms with Crippen LogP contribution in [0.5, 0.6) is 0 Å². The van der Waals surface area contributed by atoms with E-state index in [1.54, 1.807) is 18.3 Å². The molecule has 1 aromatic carbocycles. The summed E-state index contributed by atoms with van der Waals surface area (Å²) in [6.45, 7) is 1.91. The number of nitrogens with zero attached hydrogens (tertiary/aromatic N) is 1. The van der Waals surface area contributed by atoms with Gasteiger partial charge in [0.15, 0.2) is 5.69 Å². The molecule has 0 fully saturated rings. The van der Waals surface area contributed by atoms with Crippen molar-refractivity contribution in [2.24, 2.45) is 0 Å². The van der Waals surface area contributed by atoms with E-state index in [0.29, 0.717) is 5.39 Å². The second kappa shape index (κ2) is 3.62. The van der Waals surface area contributed by atoms with Crippen molar-refractivity contribution in [3.8, 4) is 0 Å². The van der Waals surface area contributed by atoms with Crippen molar-refractivity contribution in [2.75, 3.05) is 0 Å². The number of aromatic nitrogens is 1. The van der Waals surface area contributed by atoms with Gasteiger partial charge in [-0.25, -0.2) is 9.78 Å². The summed E-state index contributed by atoms with van der Waals surface area (Å²) in [6, 6.07) is 5.46. The van der Waals surface area contributed by atoms with Gasteiger partial charge in [0.1, 0.15) is 0 Å². The fourth-order valence-electron chi connectivity index (χ4n) is 1.59. The lowest BCUT2D eigenvalue weighted by atomic mass is 10.1. The highest BCUT2D eigenvalue weighted by atomic mass is 79.9. The maximum Gasteiger partial charge on any atom is 0.355 e. The van der Waals surface area contributed by atoms with E-state index in [-0.39, 0.29) is 5.69 Å². The van der Waals surface area contributed by atoms with E-state index in [2.05, 4.69) is 20.9 Å². The minimum absolute atomic E-state index is 0.0944. The fraction of sp³-hybridized carbons (Fsp3) is 0.0909. The first-order valence-corrected chi connectivity index (χ1v) is 5.17. The van der Waals surface area contributed by atoms with E-state index in [1.807, 2.05) is 13.0 Å². The summed E-state index contributed by atoms with van der Waals surface area (Å²) in [7, 11) is 0. The normalized spacial score (nSPS) is 10.5. The smallest absolute Gasteiger partial charge is 0.355 e. The average Bonchev–Trinajstić information content (AvgIpc) is 2.17. The van der Waals surface area contributed by atoms with Crippen molar-refractivity contribution in [1.82, 2.24) is 4.98 Å². The van der Waals surface area contributed by atoms with Crippen LogP contribution in [0.25, 0.3) is 10.8 Å². The molecule has 1 N–H and O–H groups in total. The number of carbonyl (C=O) groups is 1. The summed E-state index contributed by atoms with van der Waals surface area (Å²) in [5.74, 6) is -1.00. The van der Waals surface area contributed by atoms with Crippen molar-refractivity contribution >= 4 is 32.7 Å². The number of hydrogen-bond donors (Lipinski definition) is 1. The van der Waals surface area contributed by atoms with Crippen molar-refractivity contribution in [2.45, 2.75) is 6.92 Å². The Bertz CT molecular complexity index is 543. The number of carboxylic acid groups (broad SMARTS) is 1.